The zero-order valence-electron chi connectivity index (χ0n) is 12.8. The predicted molar refractivity (Wildman–Crippen MR) is 89.5 cm³/mol. The Morgan fingerprint density at radius 3 is 2.67 bits per heavy atom. The van der Waals surface area contributed by atoms with Gasteiger partial charge in [0.25, 0.3) is 0 Å². The molecule has 0 spiro atoms. The second-order valence-corrected chi connectivity index (χ2v) is 5.86. The van der Waals surface area contributed by atoms with Crippen LogP contribution in [0, 0.1) is 0 Å². The molecule has 1 heterocycles. The molecule has 0 atom stereocenters. The van der Waals surface area contributed by atoms with Crippen LogP contribution in [0.5, 0.6) is 0 Å². The van der Waals surface area contributed by atoms with Gasteiger partial charge in [-0.05, 0) is 18.6 Å². The first-order chi connectivity index (χ1) is 10.3. The molecule has 1 saturated heterocycles. The highest BCUT2D eigenvalue weighted by molar-refractivity contribution is 7.80. The Kier molecular flexibility index (Phi) is 6.92. The molecule has 2 N–H and O–H groups in total. The van der Waals surface area contributed by atoms with Crippen LogP contribution >= 0.6 is 12.2 Å². The Labute approximate surface area is 133 Å². The molecule has 21 heavy (non-hydrogen) atoms. The number of benzene rings is 1. The topological polar surface area (TPSA) is 28.9 Å². The van der Waals surface area contributed by atoms with Crippen molar-refractivity contribution in [2.75, 3.05) is 46.4 Å². The Morgan fingerprint density at radius 1 is 1.29 bits per heavy atom. The number of quaternary nitrogens is 1. The van der Waals surface area contributed by atoms with E-state index in [2.05, 4.69) is 40.5 Å². The van der Waals surface area contributed by atoms with E-state index in [1.807, 2.05) is 0 Å². The highest BCUT2D eigenvalue weighted by Gasteiger charge is 2.21. The van der Waals surface area contributed by atoms with E-state index >= 15 is 0 Å². The first-order valence-electron chi connectivity index (χ1n) is 7.69. The minimum atomic E-state index is 0.782. The van der Waals surface area contributed by atoms with E-state index in [-0.39, 0.29) is 0 Å². The lowest BCUT2D eigenvalue weighted by Crippen LogP contribution is -3.13. The number of hydrogen-bond donors (Lipinski definition) is 2. The SMILES string of the molecule is COCCCNC(=S)N1CC[NH+](Cc2ccccc2)CC1. The van der Waals surface area contributed by atoms with Crippen LogP contribution in [0.3, 0.4) is 0 Å². The van der Waals surface area contributed by atoms with Crippen LogP contribution in [0.2, 0.25) is 0 Å². The summed E-state index contributed by atoms with van der Waals surface area (Å²) in [6, 6.07) is 10.7. The van der Waals surface area contributed by atoms with Gasteiger partial charge in [-0.2, -0.15) is 0 Å². The van der Waals surface area contributed by atoms with Crippen molar-refractivity contribution in [3.05, 3.63) is 35.9 Å². The van der Waals surface area contributed by atoms with Crippen molar-refractivity contribution >= 4 is 17.3 Å². The number of methoxy groups -OCH3 is 1. The van der Waals surface area contributed by atoms with Crippen molar-refractivity contribution in [2.24, 2.45) is 0 Å². The highest BCUT2D eigenvalue weighted by atomic mass is 32.1. The maximum Gasteiger partial charge on any atom is 0.169 e. The summed E-state index contributed by atoms with van der Waals surface area (Å²) in [5.41, 5.74) is 1.42. The number of ether oxygens (including phenoxy) is 1. The average molecular weight is 308 g/mol. The molecule has 0 aromatic heterocycles. The Morgan fingerprint density at radius 2 is 2.00 bits per heavy atom. The maximum absolute atomic E-state index is 5.46. The van der Waals surface area contributed by atoms with Gasteiger partial charge in [-0.15, -0.1) is 0 Å². The van der Waals surface area contributed by atoms with E-state index in [1.165, 1.54) is 5.56 Å². The molecule has 1 aliphatic rings. The summed E-state index contributed by atoms with van der Waals surface area (Å²) in [7, 11) is 1.73. The molecule has 0 saturated carbocycles. The van der Waals surface area contributed by atoms with Crippen LogP contribution in [0.15, 0.2) is 30.3 Å². The van der Waals surface area contributed by atoms with Crippen molar-refractivity contribution in [1.82, 2.24) is 10.2 Å². The zero-order valence-corrected chi connectivity index (χ0v) is 13.6. The number of rotatable bonds is 6. The van der Waals surface area contributed by atoms with E-state index < -0.39 is 0 Å². The largest absolute Gasteiger partial charge is 0.385 e. The minimum absolute atomic E-state index is 0.782. The van der Waals surface area contributed by atoms with E-state index in [0.29, 0.717) is 0 Å². The lowest BCUT2D eigenvalue weighted by molar-refractivity contribution is -0.917. The lowest BCUT2D eigenvalue weighted by atomic mass is 10.2. The molecular formula is C16H26N3OS+. The van der Waals surface area contributed by atoms with E-state index in [4.69, 9.17) is 17.0 Å². The van der Waals surface area contributed by atoms with Gasteiger partial charge in [0, 0.05) is 25.8 Å². The van der Waals surface area contributed by atoms with Gasteiger partial charge >= 0.3 is 0 Å². The number of piperazine rings is 1. The average Bonchev–Trinajstić information content (AvgIpc) is 2.53. The second kappa shape index (κ2) is 8.97. The summed E-state index contributed by atoms with van der Waals surface area (Å²) < 4.78 is 5.04. The summed E-state index contributed by atoms with van der Waals surface area (Å²) in [4.78, 5) is 3.93. The van der Waals surface area contributed by atoms with Crippen LogP contribution in [0.1, 0.15) is 12.0 Å². The van der Waals surface area contributed by atoms with Crippen LogP contribution < -0.4 is 10.2 Å². The Hall–Kier alpha value is -1.17. The fraction of sp³-hybridized carbons (Fsp3) is 0.562. The van der Waals surface area contributed by atoms with Gasteiger partial charge < -0.3 is 19.9 Å². The molecular weight excluding hydrogens is 282 g/mol. The summed E-state index contributed by atoms with van der Waals surface area (Å²) in [5, 5.41) is 4.21. The summed E-state index contributed by atoms with van der Waals surface area (Å²) >= 11 is 5.46. The number of nitrogens with one attached hydrogen (secondary N) is 2. The maximum atomic E-state index is 5.46. The van der Waals surface area contributed by atoms with E-state index in [0.717, 1.165) is 57.4 Å². The monoisotopic (exact) mass is 308 g/mol. The van der Waals surface area contributed by atoms with Crippen molar-refractivity contribution in [1.29, 1.82) is 0 Å². The molecule has 0 bridgehead atoms. The quantitative estimate of drug-likeness (QED) is 0.584. The molecule has 116 valence electrons. The first-order valence-corrected chi connectivity index (χ1v) is 8.09. The van der Waals surface area contributed by atoms with Crippen LogP contribution in [0.25, 0.3) is 0 Å². The number of nitrogens with zero attached hydrogens (tertiary/aromatic N) is 1. The molecule has 0 aliphatic carbocycles. The Balaban J connectivity index is 1.67. The van der Waals surface area contributed by atoms with Gasteiger partial charge in [-0.3, -0.25) is 0 Å². The third-order valence-corrected chi connectivity index (χ3v) is 4.26. The van der Waals surface area contributed by atoms with Gasteiger partial charge in [-0.25, -0.2) is 0 Å². The molecule has 0 radical (unpaired) electrons. The first kappa shape index (κ1) is 16.2. The van der Waals surface area contributed by atoms with Crippen LogP contribution in [0.4, 0.5) is 0 Å². The van der Waals surface area contributed by atoms with Gasteiger partial charge in [0.1, 0.15) is 6.54 Å². The van der Waals surface area contributed by atoms with Crippen LogP contribution in [-0.4, -0.2) is 56.5 Å². The Bertz CT molecular complexity index is 419. The van der Waals surface area contributed by atoms with Gasteiger partial charge in [-0.1, -0.05) is 30.3 Å². The fourth-order valence-electron chi connectivity index (χ4n) is 2.61. The van der Waals surface area contributed by atoms with Crippen molar-refractivity contribution in [2.45, 2.75) is 13.0 Å². The summed E-state index contributed by atoms with van der Waals surface area (Å²) in [5.74, 6) is 0. The van der Waals surface area contributed by atoms with E-state index in [1.54, 1.807) is 12.0 Å². The smallest absolute Gasteiger partial charge is 0.169 e. The van der Waals surface area contributed by atoms with Gasteiger partial charge in [0.2, 0.25) is 0 Å². The molecule has 5 heteroatoms. The molecule has 2 rings (SSSR count). The van der Waals surface area contributed by atoms with Crippen molar-refractivity contribution in [3.63, 3.8) is 0 Å². The summed E-state index contributed by atoms with van der Waals surface area (Å²) in [6.07, 6.45) is 0.996. The lowest BCUT2D eigenvalue weighted by Gasteiger charge is -2.34. The molecule has 0 unspecified atom stereocenters. The minimum Gasteiger partial charge on any atom is -0.385 e. The number of thiocarbonyl (C=S) groups is 1. The van der Waals surface area contributed by atoms with Gasteiger partial charge in [0.05, 0.1) is 26.2 Å². The molecule has 1 aromatic carbocycles. The van der Waals surface area contributed by atoms with Crippen LogP contribution in [-0.2, 0) is 11.3 Å². The number of hydrogen-bond acceptors (Lipinski definition) is 2. The van der Waals surface area contributed by atoms with Gasteiger partial charge in [0.15, 0.2) is 5.11 Å². The normalized spacial score (nSPS) is 16.0. The molecule has 0 amide bonds. The third kappa shape index (κ3) is 5.61. The third-order valence-electron chi connectivity index (χ3n) is 3.86. The zero-order chi connectivity index (χ0) is 14.9. The molecule has 4 nitrogen and oxygen atoms in total. The predicted octanol–water partition coefficient (Wildman–Crippen LogP) is 0.298. The summed E-state index contributed by atoms with van der Waals surface area (Å²) in [6.45, 7) is 7.16. The van der Waals surface area contributed by atoms with Crippen molar-refractivity contribution < 1.29 is 9.64 Å². The van der Waals surface area contributed by atoms with E-state index in [9.17, 15) is 0 Å². The van der Waals surface area contributed by atoms with Crippen molar-refractivity contribution in [3.8, 4) is 0 Å². The molecule has 1 aliphatic heterocycles. The standard InChI is InChI=1S/C16H25N3OS/c1-20-13-5-8-17-16(21)19-11-9-18(10-12-19)14-15-6-3-2-4-7-15/h2-4,6-7H,5,8-14H2,1H3,(H,17,21)/p+1. The fourth-order valence-corrected chi connectivity index (χ4v) is 2.90. The molecule has 1 aromatic rings. The second-order valence-electron chi connectivity index (χ2n) is 5.48. The molecule has 1 fully saturated rings. The highest BCUT2D eigenvalue weighted by Crippen LogP contribution is 1.97.